The number of aromatic nitrogens is 2. The molecule has 0 aliphatic carbocycles. The first-order chi connectivity index (χ1) is 30.8. The van der Waals surface area contributed by atoms with Crippen molar-refractivity contribution in [2.45, 2.75) is 126 Å². The highest BCUT2D eigenvalue weighted by molar-refractivity contribution is 8.04. The van der Waals surface area contributed by atoms with Gasteiger partial charge in [-0.3, -0.25) is 0 Å². The molecule has 4 nitrogen and oxygen atoms in total. The fourth-order valence-corrected chi connectivity index (χ4v) is 13.7. The van der Waals surface area contributed by atoms with Crippen molar-refractivity contribution in [2.24, 2.45) is 0 Å². The van der Waals surface area contributed by atoms with Crippen molar-refractivity contribution in [1.29, 1.82) is 0 Å². The summed E-state index contributed by atoms with van der Waals surface area (Å²) in [6.45, 7) is 4.32. The topological polar surface area (TPSA) is 14.2 Å². The van der Waals surface area contributed by atoms with Crippen LogP contribution in [0, 0.1) is 0 Å². The first-order valence-electron chi connectivity index (χ1n) is 23.5. The molecule has 2 aromatic heterocycles. The Hall–Kier alpha value is -4.08. The number of anilines is 2. The summed E-state index contributed by atoms with van der Waals surface area (Å²) in [6, 6.07) is 35.9. The lowest BCUT2D eigenvalue weighted by atomic mass is 10.1. The summed E-state index contributed by atoms with van der Waals surface area (Å²) in [5.74, 6) is 0. The van der Waals surface area contributed by atoms with Crippen LogP contribution in [0.15, 0.2) is 141 Å². The minimum atomic E-state index is 1.08. The molecule has 0 bridgehead atoms. The van der Waals surface area contributed by atoms with E-state index in [4.69, 9.17) is 0 Å². The summed E-state index contributed by atoms with van der Waals surface area (Å²) >= 11 is 7.70. The van der Waals surface area contributed by atoms with Gasteiger partial charge in [-0.05, 0) is 74.2 Å². The average Bonchev–Trinajstić information content (AvgIpc) is 4.05. The number of benzene rings is 4. The first kappa shape index (κ1) is 43.2. The monoisotopic (exact) mass is 894 g/mol. The van der Waals surface area contributed by atoms with E-state index in [1.807, 2.05) is 46.2 Å². The van der Waals surface area contributed by atoms with Crippen LogP contribution in [0.4, 0.5) is 11.4 Å². The van der Waals surface area contributed by atoms with E-state index in [1.54, 1.807) is 0 Å². The average molecular weight is 895 g/mol. The second-order valence-electron chi connectivity index (χ2n) is 16.9. The molecule has 0 saturated heterocycles. The van der Waals surface area contributed by atoms with E-state index in [9.17, 15) is 0 Å². The molecule has 5 heterocycles. The zero-order chi connectivity index (χ0) is 41.8. The number of rotatable bonds is 0. The quantitative estimate of drug-likeness (QED) is 0.141. The number of aryl methyl sites for hydroxylation is 2. The summed E-state index contributed by atoms with van der Waals surface area (Å²) in [7, 11) is 0. The predicted molar refractivity (Wildman–Crippen MR) is 271 cm³/mol. The van der Waals surface area contributed by atoms with Crippen LogP contribution in [0.25, 0.3) is 32.6 Å². The largest absolute Gasteiger partial charge is 0.335 e. The predicted octanol–water partition coefficient (Wildman–Crippen LogP) is 15.6. The Morgan fingerprint density at radius 2 is 0.758 bits per heavy atom. The zero-order valence-electron chi connectivity index (χ0n) is 36.3. The van der Waals surface area contributed by atoms with E-state index in [-0.39, 0.29) is 0 Å². The highest BCUT2D eigenvalue weighted by Gasteiger charge is 2.26. The number of hydrogen-bond acceptors (Lipinski definition) is 6. The van der Waals surface area contributed by atoms with Crippen molar-refractivity contribution >= 4 is 90.2 Å². The van der Waals surface area contributed by atoms with Crippen LogP contribution in [0.5, 0.6) is 0 Å². The minimum Gasteiger partial charge on any atom is -0.335 e. The normalized spacial score (nSPS) is 18.2. The fourth-order valence-electron chi connectivity index (χ4n) is 9.26. The molecule has 320 valence electrons. The van der Waals surface area contributed by atoms with Crippen LogP contribution in [-0.4, -0.2) is 13.1 Å². The molecule has 0 unspecified atom stereocenters. The third-order valence-corrected chi connectivity index (χ3v) is 17.1. The molecule has 0 amide bonds. The summed E-state index contributed by atoms with van der Waals surface area (Å²) in [6.07, 6.45) is 34.8. The summed E-state index contributed by atoms with van der Waals surface area (Å²) in [5.41, 5.74) is 5.48. The Morgan fingerprint density at radius 1 is 0.387 bits per heavy atom. The lowest BCUT2D eigenvalue weighted by Crippen LogP contribution is -2.35. The van der Waals surface area contributed by atoms with Gasteiger partial charge in [-0.2, -0.15) is 9.13 Å². The van der Waals surface area contributed by atoms with Gasteiger partial charge in [-0.25, -0.2) is 0 Å². The molecule has 3 aliphatic heterocycles. The standard InChI is InChI=1S/C54H62N4S4/c1-2-6-10-22-40-56-44-28-14-18-32-48(44)60-52(56)36-26-38-54-58(46-30-16-20-34-50(46)62-54)42-24-12-8-4-3-7-11-23-41-57-45-29-15-19-33-49(45)61-53(57)37-25-35-51-55(39-21-9-5-1)43-27-13-17-31-47(43)59-51/h13-20,25-38H,1-12,21-24,39-42H2/q+2. The van der Waals surface area contributed by atoms with Gasteiger partial charge in [-0.15, -0.1) is 0 Å². The third kappa shape index (κ3) is 10.6. The van der Waals surface area contributed by atoms with Gasteiger partial charge in [0.2, 0.25) is 11.0 Å². The summed E-state index contributed by atoms with van der Waals surface area (Å²) in [4.78, 5) is 7.90. The van der Waals surface area contributed by atoms with Crippen LogP contribution in [-0.2, 0) is 13.1 Å². The number of allylic oxidation sites excluding steroid dienone is 4. The van der Waals surface area contributed by atoms with Crippen molar-refractivity contribution in [2.75, 3.05) is 22.9 Å². The molecule has 0 atom stereocenters. The van der Waals surface area contributed by atoms with Gasteiger partial charge in [0.15, 0.2) is 13.1 Å². The van der Waals surface area contributed by atoms with Gasteiger partial charge in [-0.1, -0.05) is 171 Å². The highest BCUT2D eigenvalue weighted by Crippen LogP contribution is 2.47. The highest BCUT2D eigenvalue weighted by atomic mass is 32.2. The van der Waals surface area contributed by atoms with Crippen LogP contribution in [0.2, 0.25) is 0 Å². The van der Waals surface area contributed by atoms with Crippen molar-refractivity contribution in [3.8, 4) is 0 Å². The molecular formula is C54H62N4S4+2. The Bertz CT molecular complexity index is 2370. The molecule has 0 N–H and O–H groups in total. The Morgan fingerprint density at radius 3 is 1.21 bits per heavy atom. The minimum absolute atomic E-state index is 1.08. The van der Waals surface area contributed by atoms with Crippen LogP contribution in [0.1, 0.15) is 113 Å². The third-order valence-electron chi connectivity index (χ3n) is 12.5. The van der Waals surface area contributed by atoms with Crippen molar-refractivity contribution in [1.82, 2.24) is 0 Å². The smallest absolute Gasteiger partial charge is 0.262 e. The summed E-state index contributed by atoms with van der Waals surface area (Å²) in [5, 5.41) is 5.40. The maximum Gasteiger partial charge on any atom is 0.262 e. The first-order valence-corrected chi connectivity index (χ1v) is 26.8. The van der Waals surface area contributed by atoms with E-state index in [1.165, 1.54) is 164 Å². The number of para-hydroxylation sites is 4. The molecule has 0 radical (unpaired) electrons. The number of hydrogen-bond donors (Lipinski definition) is 0. The van der Waals surface area contributed by atoms with Crippen molar-refractivity contribution < 1.29 is 9.13 Å². The van der Waals surface area contributed by atoms with Gasteiger partial charge < -0.3 is 9.80 Å². The molecule has 3 aliphatic rings. The fraction of sp³-hybridized carbons (Fsp3) is 0.370. The number of nitrogens with zero attached hydrogens (tertiary/aromatic N) is 4. The lowest BCUT2D eigenvalue weighted by Gasteiger charge is -2.20. The Labute approximate surface area is 386 Å². The molecular weight excluding hydrogens is 833 g/mol. The molecule has 9 rings (SSSR count). The lowest BCUT2D eigenvalue weighted by molar-refractivity contribution is -0.669. The molecule has 62 heavy (non-hydrogen) atoms. The van der Waals surface area contributed by atoms with E-state index in [2.05, 4.69) is 152 Å². The van der Waals surface area contributed by atoms with Gasteiger partial charge in [0.25, 0.3) is 10.0 Å². The second-order valence-corrected chi connectivity index (χ2v) is 21.2. The van der Waals surface area contributed by atoms with Gasteiger partial charge in [0.05, 0.1) is 21.4 Å². The SMILES string of the molecule is C1=Cc2sc3ccccc3[n+]2CCCCCCCCCCN2C(=CC=Cc3sc4ccccc4[n+]3CCCCCCCCCCN3C(=C1)Sc1ccccc13)Sc1ccccc12. The zero-order valence-corrected chi connectivity index (χ0v) is 39.5. The van der Waals surface area contributed by atoms with Crippen LogP contribution in [0.3, 0.4) is 0 Å². The Balaban J connectivity index is 0.874. The van der Waals surface area contributed by atoms with E-state index in [0.29, 0.717) is 0 Å². The van der Waals surface area contributed by atoms with E-state index < -0.39 is 0 Å². The van der Waals surface area contributed by atoms with E-state index in [0.717, 1.165) is 26.2 Å². The van der Waals surface area contributed by atoms with Gasteiger partial charge in [0, 0.05) is 60.0 Å². The number of thioether (sulfide) groups is 2. The van der Waals surface area contributed by atoms with Gasteiger partial charge in [0.1, 0.15) is 9.40 Å². The van der Waals surface area contributed by atoms with Crippen molar-refractivity contribution in [3.05, 3.63) is 141 Å². The molecule has 0 saturated carbocycles. The van der Waals surface area contributed by atoms with E-state index >= 15 is 0 Å². The second kappa shape index (κ2) is 22.0. The molecule has 0 fully saturated rings. The Kier molecular flexibility index (Phi) is 15.3. The summed E-state index contributed by atoms with van der Waals surface area (Å²) < 4.78 is 7.90. The molecule has 8 heteroatoms. The molecule has 6 aromatic rings. The van der Waals surface area contributed by atoms with Gasteiger partial charge >= 0.3 is 0 Å². The molecule has 4 aromatic carbocycles. The molecule has 0 spiro atoms. The van der Waals surface area contributed by atoms with Crippen LogP contribution >= 0.6 is 46.2 Å². The maximum absolute atomic E-state index is 2.57. The van der Waals surface area contributed by atoms with Crippen molar-refractivity contribution in [3.63, 3.8) is 0 Å². The van der Waals surface area contributed by atoms with Crippen LogP contribution < -0.4 is 18.9 Å². The number of thiazole rings is 2. The maximum atomic E-state index is 2.57. The number of fused-ring (bicyclic) bond motifs is 12.